The molecule has 3 aromatic carbocycles. The number of amides is 3. The molecule has 0 unspecified atom stereocenters. The van der Waals surface area contributed by atoms with Crippen LogP contribution in [0.3, 0.4) is 0 Å². The number of carbonyl (C=O) groups is 3. The van der Waals surface area contributed by atoms with Crippen LogP contribution in [0.25, 0.3) is 0 Å². The lowest BCUT2D eigenvalue weighted by molar-refractivity contribution is -0.139. The molecule has 0 atom stereocenters. The Morgan fingerprint density at radius 1 is 0.882 bits per heavy atom. The van der Waals surface area contributed by atoms with Crippen molar-refractivity contribution >= 4 is 52.8 Å². The lowest BCUT2D eigenvalue weighted by Crippen LogP contribution is -2.37. The standard InChI is InChI=1S/C24H20Cl2N4O4/c25-18-10-6-11-19(22(18)26)29-21(31)15-34-20-12-5-4-9-17(20)14-28-30-24(33)23(32)27-13-16-7-2-1-3-8-16/h1-12,14H,13,15H2,(H,27,32)(H,29,31)(H,30,33). The summed E-state index contributed by atoms with van der Waals surface area (Å²) in [5.74, 6) is -1.83. The van der Waals surface area contributed by atoms with Gasteiger partial charge < -0.3 is 15.4 Å². The van der Waals surface area contributed by atoms with E-state index in [4.69, 9.17) is 27.9 Å². The lowest BCUT2D eigenvalue weighted by atomic mass is 10.2. The number of ether oxygens (including phenoxy) is 1. The van der Waals surface area contributed by atoms with E-state index in [2.05, 4.69) is 21.2 Å². The zero-order valence-corrected chi connectivity index (χ0v) is 19.3. The SMILES string of the molecule is O=C(COc1ccccc1C=NNC(=O)C(=O)NCc1ccccc1)Nc1cccc(Cl)c1Cl. The van der Waals surface area contributed by atoms with Crippen LogP contribution in [-0.2, 0) is 20.9 Å². The maximum Gasteiger partial charge on any atom is 0.329 e. The Labute approximate surface area is 205 Å². The molecule has 3 N–H and O–H groups in total. The summed E-state index contributed by atoms with van der Waals surface area (Å²) in [5.41, 5.74) is 3.87. The van der Waals surface area contributed by atoms with E-state index in [0.717, 1.165) is 5.56 Å². The summed E-state index contributed by atoms with van der Waals surface area (Å²) >= 11 is 12.0. The van der Waals surface area contributed by atoms with Crippen molar-refractivity contribution in [3.63, 3.8) is 0 Å². The van der Waals surface area contributed by atoms with Gasteiger partial charge in [-0.1, -0.05) is 71.7 Å². The van der Waals surface area contributed by atoms with Crippen molar-refractivity contribution in [1.29, 1.82) is 0 Å². The highest BCUT2D eigenvalue weighted by Gasteiger charge is 2.13. The minimum Gasteiger partial charge on any atom is -0.483 e. The number of hydrazone groups is 1. The molecule has 8 nitrogen and oxygen atoms in total. The first-order valence-electron chi connectivity index (χ1n) is 10.0. The van der Waals surface area contributed by atoms with E-state index in [9.17, 15) is 14.4 Å². The molecule has 0 spiro atoms. The van der Waals surface area contributed by atoms with Gasteiger partial charge in [0.2, 0.25) is 0 Å². The molecule has 174 valence electrons. The van der Waals surface area contributed by atoms with Crippen LogP contribution in [0.4, 0.5) is 5.69 Å². The first-order chi connectivity index (χ1) is 16.4. The first kappa shape index (κ1) is 24.8. The Bertz CT molecular complexity index is 1200. The van der Waals surface area contributed by atoms with E-state index < -0.39 is 17.7 Å². The largest absolute Gasteiger partial charge is 0.483 e. The van der Waals surface area contributed by atoms with Crippen molar-refractivity contribution in [3.8, 4) is 5.75 Å². The van der Waals surface area contributed by atoms with Gasteiger partial charge in [-0.05, 0) is 29.8 Å². The normalized spacial score (nSPS) is 10.5. The minimum absolute atomic E-state index is 0.218. The number of nitrogens with one attached hydrogen (secondary N) is 3. The molecule has 10 heteroatoms. The van der Waals surface area contributed by atoms with E-state index in [1.54, 1.807) is 42.5 Å². The Morgan fingerprint density at radius 2 is 1.62 bits per heavy atom. The molecular formula is C24H20Cl2N4O4. The number of rotatable bonds is 8. The van der Waals surface area contributed by atoms with Gasteiger partial charge in [0.1, 0.15) is 5.75 Å². The highest BCUT2D eigenvalue weighted by atomic mass is 35.5. The molecule has 3 rings (SSSR count). The van der Waals surface area contributed by atoms with E-state index in [1.165, 1.54) is 6.21 Å². The van der Waals surface area contributed by atoms with Gasteiger partial charge in [0.15, 0.2) is 6.61 Å². The molecular weight excluding hydrogens is 479 g/mol. The number of benzene rings is 3. The van der Waals surface area contributed by atoms with Crippen LogP contribution < -0.4 is 20.8 Å². The summed E-state index contributed by atoms with van der Waals surface area (Å²) in [6.45, 7) is -0.0854. The summed E-state index contributed by atoms with van der Waals surface area (Å²) in [4.78, 5) is 36.1. The fourth-order valence-electron chi connectivity index (χ4n) is 2.72. The van der Waals surface area contributed by atoms with E-state index in [-0.39, 0.29) is 18.2 Å². The van der Waals surface area contributed by atoms with Crippen LogP contribution in [0.15, 0.2) is 77.9 Å². The molecule has 0 aliphatic heterocycles. The number of halogens is 2. The minimum atomic E-state index is -0.914. The zero-order chi connectivity index (χ0) is 24.3. The molecule has 0 bridgehead atoms. The molecule has 0 radical (unpaired) electrons. The summed E-state index contributed by atoms with van der Waals surface area (Å²) in [5, 5.41) is 9.47. The van der Waals surface area contributed by atoms with Gasteiger partial charge >= 0.3 is 11.8 Å². The average molecular weight is 499 g/mol. The fraction of sp³-hybridized carbons (Fsp3) is 0.0833. The smallest absolute Gasteiger partial charge is 0.329 e. The van der Waals surface area contributed by atoms with Crippen molar-refractivity contribution in [2.24, 2.45) is 5.10 Å². The maximum absolute atomic E-state index is 12.2. The summed E-state index contributed by atoms with van der Waals surface area (Å²) in [6.07, 6.45) is 1.31. The van der Waals surface area contributed by atoms with Crippen molar-refractivity contribution in [3.05, 3.63) is 94.0 Å². The number of nitrogens with zero attached hydrogens (tertiary/aromatic N) is 1. The third kappa shape index (κ3) is 7.33. The number of hydrogen-bond acceptors (Lipinski definition) is 5. The third-order valence-electron chi connectivity index (χ3n) is 4.38. The summed E-state index contributed by atoms with van der Waals surface area (Å²) < 4.78 is 5.56. The molecule has 34 heavy (non-hydrogen) atoms. The quantitative estimate of drug-likeness (QED) is 0.249. The highest BCUT2D eigenvalue weighted by molar-refractivity contribution is 6.44. The number of carbonyl (C=O) groups excluding carboxylic acids is 3. The fourth-order valence-corrected chi connectivity index (χ4v) is 3.07. The van der Waals surface area contributed by atoms with Crippen molar-refractivity contribution in [1.82, 2.24) is 10.7 Å². The Hall–Kier alpha value is -3.88. The third-order valence-corrected chi connectivity index (χ3v) is 5.19. The van der Waals surface area contributed by atoms with Gasteiger partial charge in [0.25, 0.3) is 5.91 Å². The van der Waals surface area contributed by atoms with E-state index >= 15 is 0 Å². The second-order valence-electron chi connectivity index (χ2n) is 6.84. The van der Waals surface area contributed by atoms with Crippen LogP contribution >= 0.6 is 23.2 Å². The van der Waals surface area contributed by atoms with Gasteiger partial charge in [-0.15, -0.1) is 0 Å². The van der Waals surface area contributed by atoms with Crippen molar-refractivity contribution in [2.45, 2.75) is 6.54 Å². The van der Waals surface area contributed by atoms with Crippen molar-refractivity contribution in [2.75, 3.05) is 11.9 Å². The molecule has 3 aromatic rings. The van der Waals surface area contributed by atoms with Gasteiger partial charge in [-0.3, -0.25) is 14.4 Å². The second-order valence-corrected chi connectivity index (χ2v) is 7.63. The molecule has 3 amide bonds. The molecule has 0 heterocycles. The predicted molar refractivity (Wildman–Crippen MR) is 131 cm³/mol. The number of para-hydroxylation sites is 1. The van der Waals surface area contributed by atoms with Crippen LogP contribution in [-0.4, -0.2) is 30.5 Å². The van der Waals surface area contributed by atoms with Gasteiger partial charge in [0.05, 0.1) is 21.9 Å². The second kappa shape index (κ2) is 12.4. The predicted octanol–water partition coefficient (Wildman–Crippen LogP) is 3.78. The monoisotopic (exact) mass is 498 g/mol. The van der Waals surface area contributed by atoms with Gasteiger partial charge in [-0.25, -0.2) is 5.43 Å². The zero-order valence-electron chi connectivity index (χ0n) is 17.8. The molecule has 0 aliphatic carbocycles. The van der Waals surface area contributed by atoms with Crippen LogP contribution in [0, 0.1) is 0 Å². The van der Waals surface area contributed by atoms with E-state index in [1.807, 2.05) is 30.3 Å². The molecule has 0 aromatic heterocycles. The molecule has 0 saturated carbocycles. The molecule has 0 saturated heterocycles. The molecule has 0 aliphatic rings. The topological polar surface area (TPSA) is 109 Å². The van der Waals surface area contributed by atoms with Crippen LogP contribution in [0.5, 0.6) is 5.75 Å². The average Bonchev–Trinajstić information content (AvgIpc) is 2.85. The lowest BCUT2D eigenvalue weighted by Gasteiger charge is -2.11. The Balaban J connectivity index is 1.51. The summed E-state index contributed by atoms with van der Waals surface area (Å²) in [6, 6.07) is 20.8. The van der Waals surface area contributed by atoms with Gasteiger partial charge in [0, 0.05) is 12.1 Å². The maximum atomic E-state index is 12.2. The van der Waals surface area contributed by atoms with Crippen molar-refractivity contribution < 1.29 is 19.1 Å². The number of hydrogen-bond donors (Lipinski definition) is 3. The van der Waals surface area contributed by atoms with Crippen LogP contribution in [0.1, 0.15) is 11.1 Å². The first-order valence-corrected chi connectivity index (χ1v) is 10.8. The Morgan fingerprint density at radius 3 is 2.41 bits per heavy atom. The van der Waals surface area contributed by atoms with Crippen LogP contribution in [0.2, 0.25) is 10.0 Å². The highest BCUT2D eigenvalue weighted by Crippen LogP contribution is 2.29. The van der Waals surface area contributed by atoms with Gasteiger partial charge in [-0.2, -0.15) is 5.10 Å². The van der Waals surface area contributed by atoms with E-state index in [0.29, 0.717) is 22.0 Å². The summed E-state index contributed by atoms with van der Waals surface area (Å²) in [7, 11) is 0. The Kier molecular flexibility index (Phi) is 9.02. The number of anilines is 1. The molecule has 0 fully saturated rings.